The van der Waals surface area contributed by atoms with Gasteiger partial charge in [-0.25, -0.2) is 22.2 Å². The Hall–Kier alpha value is -4.22. The Kier molecular flexibility index (Phi) is 8.95. The van der Waals surface area contributed by atoms with Gasteiger partial charge in [0.15, 0.2) is 11.6 Å². The minimum Gasteiger partial charge on any atom is -0.494 e. The summed E-state index contributed by atoms with van der Waals surface area (Å²) in [4.78, 5) is 46.5. The number of benzene rings is 1. The fourth-order valence-corrected chi connectivity index (χ4v) is 8.16. The van der Waals surface area contributed by atoms with Crippen LogP contribution in [0.4, 0.5) is 22.0 Å². The van der Waals surface area contributed by atoms with Crippen LogP contribution in [0.25, 0.3) is 10.8 Å². The summed E-state index contributed by atoms with van der Waals surface area (Å²) in [5.74, 6) is -3.93. The summed E-state index contributed by atoms with van der Waals surface area (Å²) in [6.45, 7) is 5.04. The maximum Gasteiger partial charge on any atom is 0.399 e. The van der Waals surface area contributed by atoms with Gasteiger partial charge < -0.3 is 25.0 Å². The van der Waals surface area contributed by atoms with Crippen molar-refractivity contribution in [3.63, 3.8) is 0 Å². The van der Waals surface area contributed by atoms with Crippen molar-refractivity contribution in [3.8, 4) is 11.6 Å². The van der Waals surface area contributed by atoms with E-state index in [1.54, 1.807) is 13.0 Å². The second-order valence-corrected chi connectivity index (χ2v) is 16.1. The van der Waals surface area contributed by atoms with E-state index in [9.17, 15) is 44.8 Å². The van der Waals surface area contributed by atoms with E-state index in [4.69, 9.17) is 9.47 Å². The Morgan fingerprint density at radius 2 is 1.84 bits per heavy atom. The molecule has 5 atom stereocenters. The van der Waals surface area contributed by atoms with Crippen LogP contribution in [0.3, 0.4) is 0 Å². The van der Waals surface area contributed by atoms with Crippen LogP contribution in [0.1, 0.15) is 52.4 Å². The monoisotopic (exact) mass is 743 g/mol. The number of likely N-dealkylation sites (tertiary alicyclic amines) is 1. The number of hydrogen-bond acceptors (Lipinski definition) is 9. The van der Waals surface area contributed by atoms with Gasteiger partial charge in [0.05, 0.1) is 13.7 Å². The number of rotatable bonds is 13. The summed E-state index contributed by atoms with van der Waals surface area (Å²) in [7, 11) is -3.10. The molecule has 3 aliphatic carbocycles. The number of alkyl halides is 4. The summed E-state index contributed by atoms with van der Waals surface area (Å²) in [6, 6.07) is 1.58. The topological polar surface area (TPSA) is 156 Å². The van der Waals surface area contributed by atoms with Crippen molar-refractivity contribution in [1.82, 2.24) is 25.2 Å². The van der Waals surface area contributed by atoms with Crippen molar-refractivity contribution in [3.05, 3.63) is 42.5 Å². The zero-order valence-corrected chi connectivity index (χ0v) is 28.8. The number of ether oxygens (including phenoxy) is 2. The van der Waals surface area contributed by atoms with Gasteiger partial charge in [-0.05, 0) is 68.5 Å². The van der Waals surface area contributed by atoms with Crippen molar-refractivity contribution < 1.29 is 54.2 Å². The van der Waals surface area contributed by atoms with Gasteiger partial charge in [0.1, 0.15) is 40.6 Å². The molecule has 4 aliphatic rings. The lowest BCUT2D eigenvalue weighted by Gasteiger charge is -2.31. The van der Waals surface area contributed by atoms with Gasteiger partial charge in [0.25, 0.3) is 5.91 Å². The van der Waals surface area contributed by atoms with Crippen molar-refractivity contribution in [1.29, 1.82) is 0 Å². The molecule has 0 spiro atoms. The molecule has 3 N–H and O–H groups in total. The van der Waals surface area contributed by atoms with Gasteiger partial charge in [0.2, 0.25) is 27.7 Å². The summed E-state index contributed by atoms with van der Waals surface area (Å²) >= 11 is 0. The maximum atomic E-state index is 14.7. The average Bonchev–Trinajstić information content (AvgIpc) is 3.99. The van der Waals surface area contributed by atoms with Crippen molar-refractivity contribution in [2.24, 2.45) is 11.3 Å². The molecule has 18 heteroatoms. The fourth-order valence-electron chi connectivity index (χ4n) is 6.73. The SMILES string of the molecule is C=C(N[C@@H](C)C(=O)N1C[C@H](Oc2nccc3cc(OC)c(F)cc23)C[C@H]1C(=O)N[C@]1(C(=O)NS(=O)(=O)C2(CF)CC2)C[C@H]1C)C1(C(F)(F)F)CC1. The highest BCUT2D eigenvalue weighted by molar-refractivity contribution is 7.91. The average molecular weight is 744 g/mol. The van der Waals surface area contributed by atoms with E-state index in [-0.39, 0.29) is 67.8 Å². The number of allylic oxidation sites excluding steroid dienone is 1. The van der Waals surface area contributed by atoms with Crippen LogP contribution in [0.15, 0.2) is 36.7 Å². The summed E-state index contributed by atoms with van der Waals surface area (Å²) in [5, 5.41) is 5.94. The molecule has 0 bridgehead atoms. The van der Waals surface area contributed by atoms with E-state index in [1.807, 2.05) is 4.72 Å². The van der Waals surface area contributed by atoms with Crippen molar-refractivity contribution >= 4 is 38.5 Å². The van der Waals surface area contributed by atoms with Gasteiger partial charge in [-0.1, -0.05) is 13.5 Å². The first-order chi connectivity index (χ1) is 23.8. The molecule has 278 valence electrons. The number of carbonyl (C=O) groups excluding carboxylic acids is 3. The molecule has 2 heterocycles. The standard InChI is InChI=1S/C33H38F5N5O7S/c1-17-14-32(17,29(46)42-51(47,48)30(16-34)6-7-30)41-26(44)24-12-21(50-27-22-13-23(35)25(49-4)11-20(22)5-10-39-27)15-43(24)28(45)18(2)40-19(3)31(8-9-31)33(36,37)38/h5,10-11,13,17-18,21,24,40H,3,6-9,12,14-16H2,1-2,4H3,(H,41,44)(H,42,46)/t17-,18+,21-,24+,32-/m1/s1. The molecular weight excluding hydrogens is 705 g/mol. The number of halogens is 5. The highest BCUT2D eigenvalue weighted by Gasteiger charge is 2.66. The molecular formula is C33H38F5N5O7S. The van der Waals surface area contributed by atoms with E-state index < -0.39 is 86.2 Å². The van der Waals surface area contributed by atoms with Gasteiger partial charge >= 0.3 is 6.18 Å². The second-order valence-electron chi connectivity index (χ2n) is 14.0. The Labute approximate surface area is 290 Å². The highest BCUT2D eigenvalue weighted by atomic mass is 32.2. The number of fused-ring (bicyclic) bond motifs is 1. The lowest BCUT2D eigenvalue weighted by Crippen LogP contribution is -2.58. The predicted molar refractivity (Wildman–Crippen MR) is 172 cm³/mol. The third kappa shape index (κ3) is 6.33. The molecule has 1 aromatic heterocycles. The van der Waals surface area contributed by atoms with Gasteiger partial charge in [-0.15, -0.1) is 0 Å². The van der Waals surface area contributed by atoms with Crippen LogP contribution >= 0.6 is 0 Å². The van der Waals surface area contributed by atoms with E-state index in [0.717, 1.165) is 11.0 Å². The molecule has 6 rings (SSSR count). The molecule has 12 nitrogen and oxygen atoms in total. The first-order valence-electron chi connectivity index (χ1n) is 16.4. The first-order valence-corrected chi connectivity index (χ1v) is 17.9. The number of methoxy groups -OCH3 is 1. The van der Waals surface area contributed by atoms with Crippen LogP contribution in [0.2, 0.25) is 0 Å². The Balaban J connectivity index is 1.24. The molecule has 4 fully saturated rings. The number of pyridine rings is 1. The summed E-state index contributed by atoms with van der Waals surface area (Å²) in [6.07, 6.45) is -4.55. The quantitative estimate of drug-likeness (QED) is 0.262. The molecule has 3 saturated carbocycles. The lowest BCUT2D eigenvalue weighted by atomic mass is 10.0. The highest BCUT2D eigenvalue weighted by Crippen LogP contribution is 2.61. The zero-order chi connectivity index (χ0) is 37.3. The number of nitrogens with one attached hydrogen (secondary N) is 3. The van der Waals surface area contributed by atoms with Crippen LogP contribution in [0.5, 0.6) is 11.6 Å². The van der Waals surface area contributed by atoms with E-state index in [1.165, 1.54) is 26.3 Å². The number of sulfonamides is 1. The minimum absolute atomic E-state index is 0.0207. The largest absolute Gasteiger partial charge is 0.494 e. The Bertz CT molecular complexity index is 1900. The number of hydrogen-bond donors (Lipinski definition) is 3. The number of amides is 3. The predicted octanol–water partition coefficient (Wildman–Crippen LogP) is 3.41. The molecule has 3 amide bonds. The molecule has 0 radical (unpaired) electrons. The Morgan fingerprint density at radius 1 is 1.18 bits per heavy atom. The molecule has 51 heavy (non-hydrogen) atoms. The van der Waals surface area contributed by atoms with Gasteiger partial charge in [-0.3, -0.25) is 19.1 Å². The lowest BCUT2D eigenvalue weighted by molar-refractivity contribution is -0.177. The smallest absolute Gasteiger partial charge is 0.399 e. The third-order valence-electron chi connectivity index (χ3n) is 10.7. The van der Waals surface area contributed by atoms with Crippen LogP contribution < -0.4 is 24.8 Å². The van der Waals surface area contributed by atoms with E-state index in [2.05, 4.69) is 22.2 Å². The number of nitrogens with zero attached hydrogens (tertiary/aromatic N) is 2. The minimum atomic E-state index is -4.59. The summed E-state index contributed by atoms with van der Waals surface area (Å²) in [5.41, 5.74) is -4.23. The van der Waals surface area contributed by atoms with E-state index in [0.29, 0.717) is 5.39 Å². The second kappa shape index (κ2) is 12.5. The molecule has 1 aliphatic heterocycles. The van der Waals surface area contributed by atoms with Crippen molar-refractivity contribution in [2.75, 3.05) is 20.3 Å². The van der Waals surface area contributed by atoms with Gasteiger partial charge in [0, 0.05) is 23.7 Å². The summed E-state index contributed by atoms with van der Waals surface area (Å²) < 4.78 is 107. The number of carbonyl (C=O) groups is 3. The van der Waals surface area contributed by atoms with Crippen molar-refractivity contribution in [2.45, 2.75) is 87.0 Å². The number of aromatic nitrogens is 1. The fraction of sp³-hybridized carbons (Fsp3) is 0.576. The molecule has 2 aromatic rings. The Morgan fingerprint density at radius 3 is 2.39 bits per heavy atom. The zero-order valence-electron chi connectivity index (χ0n) is 28.0. The van der Waals surface area contributed by atoms with Crippen LogP contribution in [0, 0.1) is 17.2 Å². The van der Waals surface area contributed by atoms with E-state index >= 15 is 0 Å². The third-order valence-corrected chi connectivity index (χ3v) is 12.8. The maximum absolute atomic E-state index is 14.7. The van der Waals surface area contributed by atoms with Crippen LogP contribution in [-0.2, 0) is 24.4 Å². The molecule has 0 unspecified atom stereocenters. The first kappa shape index (κ1) is 36.6. The molecule has 1 saturated heterocycles. The van der Waals surface area contributed by atoms with Gasteiger partial charge in [-0.2, -0.15) is 13.2 Å². The van der Waals surface area contributed by atoms with Crippen LogP contribution in [-0.4, -0.2) is 91.0 Å². The molecule has 1 aromatic carbocycles. The normalized spacial score (nSPS) is 26.5.